The van der Waals surface area contributed by atoms with Gasteiger partial charge in [-0.05, 0) is 24.3 Å². The number of furan rings is 1. The number of hydrogen-bond acceptors (Lipinski definition) is 3. The smallest absolute Gasteiger partial charge is 0.185 e. The van der Waals surface area contributed by atoms with Gasteiger partial charge in [0.25, 0.3) is 0 Å². The number of carbonyl (C=O) groups is 1. The molecule has 1 aromatic carbocycles. The van der Waals surface area contributed by atoms with Crippen LogP contribution in [0.3, 0.4) is 0 Å². The Bertz CT molecular complexity index is 517. The zero-order valence-electron chi connectivity index (χ0n) is 8.57. The second-order valence-electron chi connectivity index (χ2n) is 3.17. The van der Waals surface area contributed by atoms with E-state index >= 15 is 0 Å². The van der Waals surface area contributed by atoms with Gasteiger partial charge in [0.1, 0.15) is 17.3 Å². The topological polar surface area (TPSA) is 39.4 Å². The predicted octanol–water partition coefficient (Wildman–Crippen LogP) is 2.91. The Morgan fingerprint density at radius 2 is 2.12 bits per heavy atom. The van der Waals surface area contributed by atoms with Gasteiger partial charge in [-0.2, -0.15) is 0 Å². The summed E-state index contributed by atoms with van der Waals surface area (Å²) in [5.41, 5.74) is 0.300. The quantitative estimate of drug-likeness (QED) is 0.746. The number of carbonyl (C=O) groups excluding carboxylic acids is 1. The first-order chi connectivity index (χ1) is 7.74. The minimum absolute atomic E-state index is 0.171. The van der Waals surface area contributed by atoms with Crippen LogP contribution >= 0.6 is 0 Å². The summed E-state index contributed by atoms with van der Waals surface area (Å²) in [5, 5.41) is 0. The largest absolute Gasteiger partial charge is 0.497 e. The number of benzene rings is 1. The molecule has 2 rings (SSSR count). The zero-order chi connectivity index (χ0) is 11.5. The fraction of sp³-hybridized carbons (Fsp3) is 0.0833. The summed E-state index contributed by atoms with van der Waals surface area (Å²) < 4.78 is 23.6. The molecule has 0 aliphatic carbocycles. The van der Waals surface area contributed by atoms with E-state index < -0.39 is 5.82 Å². The summed E-state index contributed by atoms with van der Waals surface area (Å²) in [6.07, 6.45) is 0.574. The second-order valence-corrected chi connectivity index (χ2v) is 3.17. The van der Waals surface area contributed by atoms with Crippen molar-refractivity contribution < 1.29 is 18.3 Å². The van der Waals surface area contributed by atoms with E-state index in [1.165, 1.54) is 19.2 Å². The number of hydrogen-bond donors (Lipinski definition) is 0. The molecular formula is C12H9FO3. The van der Waals surface area contributed by atoms with E-state index in [9.17, 15) is 9.18 Å². The molecule has 0 atom stereocenters. The third-order valence-electron chi connectivity index (χ3n) is 2.18. The molecule has 4 heteroatoms. The molecule has 0 spiro atoms. The molecule has 0 amide bonds. The SMILES string of the molecule is COc1ccc(-c2ccc(C=O)o2)c(F)c1. The van der Waals surface area contributed by atoms with Crippen molar-refractivity contribution in [3.05, 3.63) is 41.9 Å². The molecule has 1 heterocycles. The summed E-state index contributed by atoms with van der Waals surface area (Å²) in [7, 11) is 1.46. The monoisotopic (exact) mass is 220 g/mol. The van der Waals surface area contributed by atoms with Crippen LogP contribution in [0.25, 0.3) is 11.3 Å². The Kier molecular flexibility index (Phi) is 2.72. The third kappa shape index (κ3) is 1.82. The van der Waals surface area contributed by atoms with Gasteiger partial charge in [0.15, 0.2) is 12.0 Å². The summed E-state index contributed by atoms with van der Waals surface area (Å²) in [6.45, 7) is 0. The lowest BCUT2D eigenvalue weighted by atomic mass is 10.1. The molecule has 0 unspecified atom stereocenters. The third-order valence-corrected chi connectivity index (χ3v) is 2.18. The Morgan fingerprint density at radius 1 is 1.31 bits per heavy atom. The van der Waals surface area contributed by atoms with Gasteiger partial charge in [0.05, 0.1) is 12.7 Å². The second kappa shape index (κ2) is 4.18. The average Bonchev–Trinajstić information content (AvgIpc) is 2.77. The standard InChI is InChI=1S/C12H9FO3/c1-15-8-2-4-10(11(13)6-8)12-5-3-9(7-14)16-12/h2-7H,1H3. The first-order valence-corrected chi connectivity index (χ1v) is 4.63. The van der Waals surface area contributed by atoms with Gasteiger partial charge >= 0.3 is 0 Å². The average molecular weight is 220 g/mol. The van der Waals surface area contributed by atoms with Gasteiger partial charge in [-0.1, -0.05) is 0 Å². The van der Waals surface area contributed by atoms with E-state index in [2.05, 4.69) is 0 Å². The highest BCUT2D eigenvalue weighted by Crippen LogP contribution is 2.27. The van der Waals surface area contributed by atoms with E-state index in [4.69, 9.17) is 9.15 Å². The Hall–Kier alpha value is -2.10. The lowest BCUT2D eigenvalue weighted by molar-refractivity contribution is 0.110. The van der Waals surface area contributed by atoms with Crippen molar-refractivity contribution in [2.24, 2.45) is 0 Å². The van der Waals surface area contributed by atoms with Crippen LogP contribution < -0.4 is 4.74 Å². The Balaban J connectivity index is 2.43. The van der Waals surface area contributed by atoms with Crippen LogP contribution in [0.2, 0.25) is 0 Å². The Morgan fingerprint density at radius 3 is 2.69 bits per heavy atom. The first-order valence-electron chi connectivity index (χ1n) is 4.63. The zero-order valence-corrected chi connectivity index (χ0v) is 8.57. The number of halogens is 1. The van der Waals surface area contributed by atoms with E-state index in [0.29, 0.717) is 23.4 Å². The van der Waals surface area contributed by atoms with Crippen LogP contribution in [0.1, 0.15) is 10.6 Å². The van der Waals surface area contributed by atoms with Crippen LogP contribution in [0.15, 0.2) is 34.7 Å². The van der Waals surface area contributed by atoms with E-state index in [-0.39, 0.29) is 5.76 Å². The van der Waals surface area contributed by atoms with Gasteiger partial charge in [0.2, 0.25) is 0 Å². The number of rotatable bonds is 3. The van der Waals surface area contributed by atoms with Gasteiger partial charge < -0.3 is 9.15 Å². The lowest BCUT2D eigenvalue weighted by Crippen LogP contribution is -1.86. The number of ether oxygens (including phenoxy) is 1. The summed E-state index contributed by atoms with van der Waals surface area (Å²) in [6, 6.07) is 7.47. The number of methoxy groups -OCH3 is 1. The summed E-state index contributed by atoms with van der Waals surface area (Å²) >= 11 is 0. The molecule has 0 bridgehead atoms. The summed E-state index contributed by atoms with van der Waals surface area (Å²) in [4.78, 5) is 10.4. The summed E-state index contributed by atoms with van der Waals surface area (Å²) in [5.74, 6) is 0.474. The van der Waals surface area contributed by atoms with E-state index in [0.717, 1.165) is 0 Å². The Labute approximate surface area is 91.5 Å². The van der Waals surface area contributed by atoms with Crippen LogP contribution in [-0.2, 0) is 0 Å². The van der Waals surface area contributed by atoms with Crippen molar-refractivity contribution in [3.63, 3.8) is 0 Å². The van der Waals surface area contributed by atoms with Crippen LogP contribution in [0.5, 0.6) is 5.75 Å². The highest BCUT2D eigenvalue weighted by atomic mass is 19.1. The van der Waals surface area contributed by atoms with E-state index in [1.54, 1.807) is 18.2 Å². The van der Waals surface area contributed by atoms with Gasteiger partial charge in [-0.25, -0.2) is 4.39 Å². The predicted molar refractivity (Wildman–Crippen MR) is 56.0 cm³/mol. The van der Waals surface area contributed by atoms with Crippen molar-refractivity contribution in [1.29, 1.82) is 0 Å². The first kappa shape index (κ1) is 10.4. The minimum Gasteiger partial charge on any atom is -0.497 e. The molecule has 3 nitrogen and oxygen atoms in total. The fourth-order valence-electron chi connectivity index (χ4n) is 1.38. The van der Waals surface area contributed by atoms with Crippen LogP contribution in [-0.4, -0.2) is 13.4 Å². The lowest BCUT2D eigenvalue weighted by Gasteiger charge is -2.02. The maximum atomic E-state index is 13.6. The van der Waals surface area contributed by atoms with Crippen LogP contribution in [0, 0.1) is 5.82 Å². The number of aldehydes is 1. The molecule has 1 aromatic heterocycles. The van der Waals surface area contributed by atoms with Crippen molar-refractivity contribution >= 4 is 6.29 Å². The highest BCUT2D eigenvalue weighted by Gasteiger charge is 2.10. The molecule has 16 heavy (non-hydrogen) atoms. The van der Waals surface area contributed by atoms with Gasteiger partial charge in [0, 0.05) is 6.07 Å². The molecule has 0 saturated carbocycles. The molecule has 0 aliphatic heterocycles. The minimum atomic E-state index is -0.453. The molecule has 0 saturated heterocycles. The molecular weight excluding hydrogens is 211 g/mol. The van der Waals surface area contributed by atoms with Gasteiger partial charge in [-0.3, -0.25) is 4.79 Å². The molecule has 0 fully saturated rings. The van der Waals surface area contributed by atoms with Crippen molar-refractivity contribution in [3.8, 4) is 17.1 Å². The highest BCUT2D eigenvalue weighted by molar-refractivity contribution is 5.73. The molecule has 0 radical (unpaired) electrons. The van der Waals surface area contributed by atoms with E-state index in [1.807, 2.05) is 0 Å². The van der Waals surface area contributed by atoms with Crippen LogP contribution in [0.4, 0.5) is 4.39 Å². The molecule has 82 valence electrons. The maximum absolute atomic E-state index is 13.6. The molecule has 2 aromatic rings. The van der Waals surface area contributed by atoms with Crippen molar-refractivity contribution in [2.45, 2.75) is 0 Å². The molecule has 0 N–H and O–H groups in total. The van der Waals surface area contributed by atoms with Gasteiger partial charge in [-0.15, -0.1) is 0 Å². The normalized spacial score (nSPS) is 10.1. The van der Waals surface area contributed by atoms with Crippen molar-refractivity contribution in [2.75, 3.05) is 7.11 Å². The maximum Gasteiger partial charge on any atom is 0.185 e. The fourth-order valence-corrected chi connectivity index (χ4v) is 1.38. The van der Waals surface area contributed by atoms with Crippen molar-refractivity contribution in [1.82, 2.24) is 0 Å². The molecule has 0 aliphatic rings.